The summed E-state index contributed by atoms with van der Waals surface area (Å²) in [7, 11) is 0. The Labute approximate surface area is 111 Å². The molecule has 3 nitrogen and oxygen atoms in total. The summed E-state index contributed by atoms with van der Waals surface area (Å²) in [6.07, 6.45) is 3.81. The predicted molar refractivity (Wildman–Crippen MR) is 74.7 cm³/mol. The smallest absolute Gasteiger partial charge is 0.103 e. The van der Waals surface area contributed by atoms with E-state index in [-0.39, 0.29) is 0 Å². The molecule has 0 aliphatic carbocycles. The standard InChI is InChI=1S/C15H27NO2/c1-5-17-11-15(12(2)3)16-13(4)8-9-14-7-6-10-18-14/h6-7,10,12-13,15-16H,5,8-9,11H2,1-4H3. The van der Waals surface area contributed by atoms with Crippen molar-refractivity contribution in [2.45, 2.75) is 52.6 Å². The molecule has 104 valence electrons. The maximum atomic E-state index is 5.53. The second kappa shape index (κ2) is 8.33. The third-order valence-electron chi connectivity index (χ3n) is 3.21. The average molecular weight is 253 g/mol. The van der Waals surface area contributed by atoms with Gasteiger partial charge in [0.05, 0.1) is 12.9 Å². The lowest BCUT2D eigenvalue weighted by atomic mass is 10.0. The summed E-state index contributed by atoms with van der Waals surface area (Å²) in [6, 6.07) is 4.88. The van der Waals surface area contributed by atoms with Crippen LogP contribution in [-0.2, 0) is 11.2 Å². The SMILES string of the molecule is CCOCC(NC(C)CCc1ccco1)C(C)C. The predicted octanol–water partition coefficient (Wildman–Crippen LogP) is 3.25. The highest BCUT2D eigenvalue weighted by Crippen LogP contribution is 2.09. The fourth-order valence-electron chi connectivity index (χ4n) is 1.94. The molecule has 1 N–H and O–H groups in total. The first-order valence-electron chi connectivity index (χ1n) is 6.99. The number of rotatable bonds is 9. The minimum atomic E-state index is 0.427. The highest BCUT2D eigenvalue weighted by molar-refractivity contribution is 4.98. The van der Waals surface area contributed by atoms with Crippen molar-refractivity contribution in [2.75, 3.05) is 13.2 Å². The molecule has 2 atom stereocenters. The number of nitrogens with one attached hydrogen (secondary N) is 1. The van der Waals surface area contributed by atoms with Gasteiger partial charge in [-0.1, -0.05) is 13.8 Å². The third-order valence-corrected chi connectivity index (χ3v) is 3.21. The van der Waals surface area contributed by atoms with E-state index >= 15 is 0 Å². The fourth-order valence-corrected chi connectivity index (χ4v) is 1.94. The van der Waals surface area contributed by atoms with E-state index in [0.717, 1.165) is 31.8 Å². The third kappa shape index (κ3) is 5.69. The van der Waals surface area contributed by atoms with E-state index in [4.69, 9.17) is 9.15 Å². The number of furan rings is 1. The molecule has 0 saturated carbocycles. The zero-order chi connectivity index (χ0) is 13.4. The fraction of sp³-hybridized carbons (Fsp3) is 0.733. The summed E-state index contributed by atoms with van der Waals surface area (Å²) < 4.78 is 10.9. The first-order chi connectivity index (χ1) is 8.63. The molecule has 1 heterocycles. The van der Waals surface area contributed by atoms with Crippen LogP contribution < -0.4 is 5.32 Å². The molecule has 0 saturated heterocycles. The normalized spacial score (nSPS) is 14.9. The Kier molecular flexibility index (Phi) is 7.06. The second-order valence-corrected chi connectivity index (χ2v) is 5.20. The van der Waals surface area contributed by atoms with E-state index in [1.807, 2.05) is 19.1 Å². The molecule has 1 rings (SSSR count). The summed E-state index contributed by atoms with van der Waals surface area (Å²) in [6.45, 7) is 10.3. The number of hydrogen-bond acceptors (Lipinski definition) is 3. The monoisotopic (exact) mass is 253 g/mol. The van der Waals surface area contributed by atoms with Crippen molar-refractivity contribution < 1.29 is 9.15 Å². The molecule has 2 unspecified atom stereocenters. The van der Waals surface area contributed by atoms with Gasteiger partial charge < -0.3 is 14.5 Å². The molecular formula is C15H27NO2. The van der Waals surface area contributed by atoms with E-state index in [2.05, 4.69) is 26.1 Å². The van der Waals surface area contributed by atoms with E-state index in [1.54, 1.807) is 6.26 Å². The Bertz CT molecular complexity index is 295. The zero-order valence-corrected chi connectivity index (χ0v) is 12.1. The molecule has 0 aromatic carbocycles. The largest absolute Gasteiger partial charge is 0.469 e. The van der Waals surface area contributed by atoms with Crippen LogP contribution in [0.5, 0.6) is 0 Å². The molecule has 3 heteroatoms. The van der Waals surface area contributed by atoms with Crippen molar-refractivity contribution in [1.82, 2.24) is 5.32 Å². The maximum absolute atomic E-state index is 5.53. The van der Waals surface area contributed by atoms with Gasteiger partial charge in [-0.2, -0.15) is 0 Å². The first kappa shape index (κ1) is 15.3. The summed E-state index contributed by atoms with van der Waals surface area (Å²) in [5, 5.41) is 3.65. The van der Waals surface area contributed by atoms with Gasteiger partial charge in [0.15, 0.2) is 0 Å². The molecule has 1 aromatic heterocycles. The molecule has 0 spiro atoms. The van der Waals surface area contributed by atoms with Gasteiger partial charge in [0.2, 0.25) is 0 Å². The zero-order valence-electron chi connectivity index (χ0n) is 12.1. The van der Waals surface area contributed by atoms with Gasteiger partial charge in [0.25, 0.3) is 0 Å². The molecular weight excluding hydrogens is 226 g/mol. The van der Waals surface area contributed by atoms with Gasteiger partial charge in [-0.05, 0) is 38.3 Å². The van der Waals surface area contributed by atoms with E-state index in [9.17, 15) is 0 Å². The number of aryl methyl sites for hydroxylation is 1. The van der Waals surface area contributed by atoms with Gasteiger partial charge in [0.1, 0.15) is 5.76 Å². The lowest BCUT2D eigenvalue weighted by Crippen LogP contribution is -2.43. The second-order valence-electron chi connectivity index (χ2n) is 5.20. The van der Waals surface area contributed by atoms with Gasteiger partial charge >= 0.3 is 0 Å². The van der Waals surface area contributed by atoms with Crippen LogP contribution >= 0.6 is 0 Å². The van der Waals surface area contributed by atoms with Crippen molar-refractivity contribution >= 4 is 0 Å². The lowest BCUT2D eigenvalue weighted by molar-refractivity contribution is 0.104. The van der Waals surface area contributed by atoms with E-state index in [1.165, 1.54) is 0 Å². The lowest BCUT2D eigenvalue weighted by Gasteiger charge is -2.26. The van der Waals surface area contributed by atoms with Gasteiger partial charge in [-0.25, -0.2) is 0 Å². The molecule has 0 radical (unpaired) electrons. The Morgan fingerprint density at radius 2 is 2.11 bits per heavy atom. The molecule has 0 aliphatic rings. The van der Waals surface area contributed by atoms with Crippen LogP contribution in [0, 0.1) is 5.92 Å². The average Bonchev–Trinajstić information content (AvgIpc) is 2.84. The van der Waals surface area contributed by atoms with Crippen LogP contribution in [0.3, 0.4) is 0 Å². The topological polar surface area (TPSA) is 34.4 Å². The minimum Gasteiger partial charge on any atom is -0.469 e. The van der Waals surface area contributed by atoms with Gasteiger partial charge in [0, 0.05) is 25.1 Å². The summed E-state index contributed by atoms with van der Waals surface area (Å²) in [5.74, 6) is 1.65. The van der Waals surface area contributed by atoms with Crippen LogP contribution in [0.1, 0.15) is 39.9 Å². The Balaban J connectivity index is 2.29. The van der Waals surface area contributed by atoms with E-state index < -0.39 is 0 Å². The Morgan fingerprint density at radius 1 is 1.33 bits per heavy atom. The molecule has 0 fully saturated rings. The maximum Gasteiger partial charge on any atom is 0.103 e. The summed E-state index contributed by atoms with van der Waals surface area (Å²) in [5.41, 5.74) is 0. The number of hydrogen-bond donors (Lipinski definition) is 1. The van der Waals surface area contributed by atoms with Crippen molar-refractivity contribution in [3.63, 3.8) is 0 Å². The van der Waals surface area contributed by atoms with Gasteiger partial charge in [-0.3, -0.25) is 0 Å². The van der Waals surface area contributed by atoms with Crippen LogP contribution in [0.2, 0.25) is 0 Å². The summed E-state index contributed by atoms with van der Waals surface area (Å²) in [4.78, 5) is 0. The van der Waals surface area contributed by atoms with Crippen molar-refractivity contribution in [1.29, 1.82) is 0 Å². The number of ether oxygens (including phenoxy) is 1. The van der Waals surface area contributed by atoms with Crippen LogP contribution in [0.4, 0.5) is 0 Å². The molecule has 18 heavy (non-hydrogen) atoms. The molecule has 0 aliphatic heterocycles. The highest BCUT2D eigenvalue weighted by atomic mass is 16.5. The highest BCUT2D eigenvalue weighted by Gasteiger charge is 2.16. The minimum absolute atomic E-state index is 0.427. The Hall–Kier alpha value is -0.800. The molecule has 0 bridgehead atoms. The van der Waals surface area contributed by atoms with E-state index in [0.29, 0.717) is 18.0 Å². The quantitative estimate of drug-likeness (QED) is 0.733. The molecule has 0 amide bonds. The Morgan fingerprint density at radius 3 is 2.67 bits per heavy atom. The summed E-state index contributed by atoms with van der Waals surface area (Å²) >= 11 is 0. The first-order valence-corrected chi connectivity index (χ1v) is 6.99. The van der Waals surface area contributed by atoms with Crippen molar-refractivity contribution in [3.05, 3.63) is 24.2 Å². The van der Waals surface area contributed by atoms with Crippen LogP contribution in [0.15, 0.2) is 22.8 Å². The van der Waals surface area contributed by atoms with Crippen molar-refractivity contribution in [3.8, 4) is 0 Å². The molecule has 1 aromatic rings. The van der Waals surface area contributed by atoms with Crippen molar-refractivity contribution in [2.24, 2.45) is 5.92 Å². The van der Waals surface area contributed by atoms with Gasteiger partial charge in [-0.15, -0.1) is 0 Å². The van der Waals surface area contributed by atoms with Crippen LogP contribution in [0.25, 0.3) is 0 Å². The van der Waals surface area contributed by atoms with Crippen LogP contribution in [-0.4, -0.2) is 25.3 Å².